The van der Waals surface area contributed by atoms with Crippen molar-refractivity contribution in [1.82, 2.24) is 10.2 Å². The summed E-state index contributed by atoms with van der Waals surface area (Å²) in [6.45, 7) is 12.9. The van der Waals surface area contributed by atoms with E-state index in [2.05, 4.69) is 37.9 Å². The van der Waals surface area contributed by atoms with Gasteiger partial charge >= 0.3 is 0 Å². The van der Waals surface area contributed by atoms with Gasteiger partial charge in [0.2, 0.25) is 0 Å². The lowest BCUT2D eigenvalue weighted by Gasteiger charge is -2.23. The molecule has 1 heterocycles. The van der Waals surface area contributed by atoms with Crippen molar-refractivity contribution in [1.29, 1.82) is 0 Å². The van der Waals surface area contributed by atoms with Crippen LogP contribution in [0.4, 0.5) is 0 Å². The van der Waals surface area contributed by atoms with Crippen LogP contribution in [0.5, 0.6) is 0 Å². The second kappa shape index (κ2) is 5.72. The Hall–Kier alpha value is -0.0800. The van der Waals surface area contributed by atoms with Gasteiger partial charge in [0.1, 0.15) is 0 Å². The molecule has 84 valence electrons. The summed E-state index contributed by atoms with van der Waals surface area (Å²) < 4.78 is 0. The molecule has 0 spiro atoms. The smallest absolute Gasteiger partial charge is 0.00700 e. The van der Waals surface area contributed by atoms with E-state index in [-0.39, 0.29) is 0 Å². The standard InChI is InChI=1S/C12H26N2/c1-5-13-11(3)6-7-14-9-10(2)8-12(14)4/h10-13H,5-9H2,1-4H3. The molecule has 1 aliphatic heterocycles. The predicted molar refractivity (Wildman–Crippen MR) is 62.6 cm³/mol. The fourth-order valence-corrected chi connectivity index (χ4v) is 2.51. The van der Waals surface area contributed by atoms with Crippen LogP contribution >= 0.6 is 0 Å². The molecule has 1 fully saturated rings. The SMILES string of the molecule is CCNC(C)CCN1CC(C)CC1C. The molecule has 0 saturated carbocycles. The molecule has 2 nitrogen and oxygen atoms in total. The summed E-state index contributed by atoms with van der Waals surface area (Å²) in [5.74, 6) is 0.902. The van der Waals surface area contributed by atoms with Crippen molar-refractivity contribution in [2.24, 2.45) is 5.92 Å². The highest BCUT2D eigenvalue weighted by Crippen LogP contribution is 2.22. The lowest BCUT2D eigenvalue weighted by Crippen LogP contribution is -2.34. The zero-order valence-electron chi connectivity index (χ0n) is 10.2. The Morgan fingerprint density at radius 1 is 1.43 bits per heavy atom. The van der Waals surface area contributed by atoms with Gasteiger partial charge in [-0.1, -0.05) is 13.8 Å². The van der Waals surface area contributed by atoms with Crippen molar-refractivity contribution >= 4 is 0 Å². The monoisotopic (exact) mass is 198 g/mol. The molecular formula is C12H26N2. The molecule has 3 atom stereocenters. The van der Waals surface area contributed by atoms with Crippen LogP contribution in [0.1, 0.15) is 40.5 Å². The van der Waals surface area contributed by atoms with Crippen LogP contribution in [-0.4, -0.2) is 36.6 Å². The Kier molecular flexibility index (Phi) is 4.90. The van der Waals surface area contributed by atoms with Crippen molar-refractivity contribution in [3.63, 3.8) is 0 Å². The molecule has 1 N–H and O–H groups in total. The number of hydrogen-bond acceptors (Lipinski definition) is 2. The summed E-state index contributed by atoms with van der Waals surface area (Å²) >= 11 is 0. The van der Waals surface area contributed by atoms with Crippen LogP contribution in [0, 0.1) is 5.92 Å². The minimum absolute atomic E-state index is 0.670. The van der Waals surface area contributed by atoms with Crippen molar-refractivity contribution in [3.8, 4) is 0 Å². The Labute approximate surface area is 89.1 Å². The quantitative estimate of drug-likeness (QED) is 0.728. The summed E-state index contributed by atoms with van der Waals surface area (Å²) in [5, 5.41) is 3.47. The third-order valence-corrected chi connectivity index (χ3v) is 3.31. The van der Waals surface area contributed by atoms with E-state index in [1.165, 1.54) is 25.9 Å². The molecule has 3 unspecified atom stereocenters. The maximum absolute atomic E-state index is 3.47. The fourth-order valence-electron chi connectivity index (χ4n) is 2.51. The van der Waals surface area contributed by atoms with Gasteiger partial charge in [-0.25, -0.2) is 0 Å². The maximum Gasteiger partial charge on any atom is 0.00700 e. The highest BCUT2D eigenvalue weighted by molar-refractivity contribution is 4.80. The average Bonchev–Trinajstić information content (AvgIpc) is 2.42. The molecule has 14 heavy (non-hydrogen) atoms. The first-order valence-electron chi connectivity index (χ1n) is 6.11. The molecule has 0 aliphatic carbocycles. The Balaban J connectivity index is 2.18. The van der Waals surface area contributed by atoms with E-state index in [1.807, 2.05) is 0 Å². The van der Waals surface area contributed by atoms with Gasteiger partial charge in [-0.3, -0.25) is 0 Å². The molecule has 0 bridgehead atoms. The summed E-state index contributed by atoms with van der Waals surface area (Å²) in [4.78, 5) is 2.64. The molecule has 0 aromatic carbocycles. The van der Waals surface area contributed by atoms with Crippen molar-refractivity contribution in [2.45, 2.75) is 52.6 Å². The third kappa shape index (κ3) is 3.58. The van der Waals surface area contributed by atoms with Crippen LogP contribution in [0.25, 0.3) is 0 Å². The molecule has 1 saturated heterocycles. The predicted octanol–water partition coefficient (Wildman–Crippen LogP) is 2.10. The number of likely N-dealkylation sites (tertiary alicyclic amines) is 1. The second-order valence-electron chi connectivity index (χ2n) is 4.93. The zero-order valence-corrected chi connectivity index (χ0v) is 10.2. The first-order valence-corrected chi connectivity index (χ1v) is 6.11. The van der Waals surface area contributed by atoms with E-state index in [0.717, 1.165) is 18.5 Å². The average molecular weight is 198 g/mol. The highest BCUT2D eigenvalue weighted by atomic mass is 15.2. The van der Waals surface area contributed by atoms with Crippen molar-refractivity contribution in [3.05, 3.63) is 0 Å². The molecule has 2 heteroatoms. The minimum Gasteiger partial charge on any atom is -0.314 e. The van der Waals surface area contributed by atoms with Crippen LogP contribution in [0.3, 0.4) is 0 Å². The van der Waals surface area contributed by atoms with Gasteiger partial charge in [0, 0.05) is 18.6 Å². The van der Waals surface area contributed by atoms with Gasteiger partial charge in [0.15, 0.2) is 0 Å². The Bertz CT molecular complexity index is 158. The summed E-state index contributed by atoms with van der Waals surface area (Å²) in [6, 6.07) is 1.47. The Morgan fingerprint density at radius 2 is 2.14 bits per heavy atom. The molecule has 1 aliphatic rings. The molecule has 0 aromatic heterocycles. The second-order valence-corrected chi connectivity index (χ2v) is 4.93. The van der Waals surface area contributed by atoms with Crippen LogP contribution < -0.4 is 5.32 Å². The molecular weight excluding hydrogens is 172 g/mol. The number of rotatable bonds is 5. The maximum atomic E-state index is 3.47. The van der Waals surface area contributed by atoms with Crippen molar-refractivity contribution in [2.75, 3.05) is 19.6 Å². The van der Waals surface area contributed by atoms with Gasteiger partial charge in [-0.05, 0) is 45.7 Å². The van der Waals surface area contributed by atoms with Gasteiger partial charge in [-0.2, -0.15) is 0 Å². The van der Waals surface area contributed by atoms with E-state index in [0.29, 0.717) is 6.04 Å². The normalized spacial score (nSPS) is 30.9. The highest BCUT2D eigenvalue weighted by Gasteiger charge is 2.25. The van der Waals surface area contributed by atoms with E-state index >= 15 is 0 Å². The van der Waals surface area contributed by atoms with Crippen LogP contribution in [-0.2, 0) is 0 Å². The minimum atomic E-state index is 0.670. The third-order valence-electron chi connectivity index (χ3n) is 3.31. The largest absolute Gasteiger partial charge is 0.314 e. The fraction of sp³-hybridized carbons (Fsp3) is 1.00. The number of hydrogen-bond donors (Lipinski definition) is 1. The van der Waals surface area contributed by atoms with Crippen LogP contribution in [0.15, 0.2) is 0 Å². The van der Waals surface area contributed by atoms with E-state index in [1.54, 1.807) is 0 Å². The Morgan fingerprint density at radius 3 is 2.64 bits per heavy atom. The van der Waals surface area contributed by atoms with Gasteiger partial charge in [-0.15, -0.1) is 0 Å². The lowest BCUT2D eigenvalue weighted by atomic mass is 10.1. The zero-order chi connectivity index (χ0) is 10.6. The van der Waals surface area contributed by atoms with E-state index in [9.17, 15) is 0 Å². The molecule has 0 amide bonds. The summed E-state index contributed by atoms with van der Waals surface area (Å²) in [5.41, 5.74) is 0. The van der Waals surface area contributed by atoms with Gasteiger partial charge in [0.25, 0.3) is 0 Å². The topological polar surface area (TPSA) is 15.3 Å². The lowest BCUT2D eigenvalue weighted by molar-refractivity contribution is 0.251. The first-order chi connectivity index (χ1) is 6.63. The van der Waals surface area contributed by atoms with Crippen molar-refractivity contribution < 1.29 is 0 Å². The first kappa shape index (κ1) is 12.0. The van der Waals surface area contributed by atoms with Crippen LogP contribution in [0.2, 0.25) is 0 Å². The summed E-state index contributed by atoms with van der Waals surface area (Å²) in [6.07, 6.45) is 2.67. The van der Waals surface area contributed by atoms with Gasteiger partial charge in [0.05, 0.1) is 0 Å². The molecule has 1 rings (SSSR count). The van der Waals surface area contributed by atoms with E-state index < -0.39 is 0 Å². The van der Waals surface area contributed by atoms with E-state index in [4.69, 9.17) is 0 Å². The summed E-state index contributed by atoms with van der Waals surface area (Å²) in [7, 11) is 0. The number of nitrogens with one attached hydrogen (secondary N) is 1. The number of nitrogens with zero attached hydrogens (tertiary/aromatic N) is 1. The molecule has 0 aromatic rings. The van der Waals surface area contributed by atoms with Gasteiger partial charge < -0.3 is 10.2 Å². The molecule has 0 radical (unpaired) electrons.